The topological polar surface area (TPSA) is 17.1 Å². The zero-order chi connectivity index (χ0) is 9.97. The van der Waals surface area contributed by atoms with Gasteiger partial charge in [0.05, 0.1) is 0 Å². The fourth-order valence-electron chi connectivity index (χ4n) is 1.95. The summed E-state index contributed by atoms with van der Waals surface area (Å²) in [6, 6.07) is 7.88. The number of carbonyl (C=O) groups excluding carboxylic acids is 1. The lowest BCUT2D eigenvalue weighted by molar-refractivity contribution is 0.0936. The van der Waals surface area contributed by atoms with Crippen molar-refractivity contribution in [2.45, 2.75) is 32.6 Å². The molecule has 0 atom stereocenters. The molecule has 14 heavy (non-hydrogen) atoms. The number of hydrogen-bond donors (Lipinski definition) is 0. The monoisotopic (exact) mass is 188 g/mol. The second-order valence-electron chi connectivity index (χ2n) is 4.24. The summed E-state index contributed by atoms with van der Waals surface area (Å²) < 4.78 is 0. The predicted molar refractivity (Wildman–Crippen MR) is 57.5 cm³/mol. The molecule has 1 aliphatic rings. The third-order valence-corrected chi connectivity index (χ3v) is 3.14. The summed E-state index contributed by atoms with van der Waals surface area (Å²) in [7, 11) is 0. The molecule has 0 aliphatic heterocycles. The van der Waals surface area contributed by atoms with Gasteiger partial charge in [-0.15, -0.1) is 0 Å². The Morgan fingerprint density at radius 2 is 2.07 bits per heavy atom. The molecule has 0 amide bonds. The van der Waals surface area contributed by atoms with Crippen LogP contribution in [0.25, 0.3) is 0 Å². The second-order valence-corrected chi connectivity index (χ2v) is 4.24. The van der Waals surface area contributed by atoms with E-state index in [9.17, 15) is 4.79 Å². The first-order chi connectivity index (χ1) is 6.77. The Hall–Kier alpha value is -1.11. The van der Waals surface area contributed by atoms with Gasteiger partial charge >= 0.3 is 0 Å². The van der Waals surface area contributed by atoms with Crippen molar-refractivity contribution in [1.29, 1.82) is 0 Å². The summed E-state index contributed by atoms with van der Waals surface area (Å²) in [6.45, 7) is 2.01. The Bertz CT molecular complexity index is 337. The molecular formula is C13H16O. The van der Waals surface area contributed by atoms with Gasteiger partial charge in [-0.25, -0.2) is 0 Å². The lowest BCUT2D eigenvalue weighted by Crippen LogP contribution is -2.16. The average molecular weight is 188 g/mol. The van der Waals surface area contributed by atoms with Gasteiger partial charge in [0.25, 0.3) is 0 Å². The van der Waals surface area contributed by atoms with Gasteiger partial charge in [0, 0.05) is 12.0 Å². The predicted octanol–water partition coefficient (Wildman–Crippen LogP) is 3.37. The van der Waals surface area contributed by atoms with Crippen molar-refractivity contribution >= 4 is 5.78 Å². The zero-order valence-corrected chi connectivity index (χ0v) is 8.62. The van der Waals surface area contributed by atoms with E-state index in [0.717, 1.165) is 17.5 Å². The van der Waals surface area contributed by atoms with Crippen molar-refractivity contribution in [3.63, 3.8) is 0 Å². The SMILES string of the molecule is Cc1ccccc1C(=O)CC1CCC1. The molecule has 2 rings (SSSR count). The van der Waals surface area contributed by atoms with Gasteiger partial charge in [0.1, 0.15) is 0 Å². The summed E-state index contributed by atoms with van der Waals surface area (Å²) in [5.41, 5.74) is 2.02. The van der Waals surface area contributed by atoms with Gasteiger partial charge in [-0.05, 0) is 18.4 Å². The van der Waals surface area contributed by atoms with Crippen LogP contribution in [-0.2, 0) is 0 Å². The Kier molecular flexibility index (Phi) is 2.67. The van der Waals surface area contributed by atoms with E-state index in [4.69, 9.17) is 0 Å². The van der Waals surface area contributed by atoms with Crippen molar-refractivity contribution in [1.82, 2.24) is 0 Å². The molecule has 0 saturated heterocycles. The molecule has 1 heteroatoms. The number of hydrogen-bond acceptors (Lipinski definition) is 1. The molecule has 0 heterocycles. The van der Waals surface area contributed by atoms with Crippen LogP contribution >= 0.6 is 0 Å². The maximum atomic E-state index is 11.9. The van der Waals surface area contributed by atoms with Crippen LogP contribution < -0.4 is 0 Å². The van der Waals surface area contributed by atoms with E-state index in [2.05, 4.69) is 0 Å². The molecule has 1 saturated carbocycles. The first kappa shape index (κ1) is 9.45. The molecule has 1 nitrogen and oxygen atoms in total. The first-order valence-electron chi connectivity index (χ1n) is 5.36. The van der Waals surface area contributed by atoms with E-state index in [0.29, 0.717) is 11.7 Å². The third kappa shape index (κ3) is 1.87. The van der Waals surface area contributed by atoms with Crippen molar-refractivity contribution in [2.75, 3.05) is 0 Å². The molecule has 0 radical (unpaired) electrons. The van der Waals surface area contributed by atoms with Crippen LogP contribution in [0.4, 0.5) is 0 Å². The summed E-state index contributed by atoms with van der Waals surface area (Å²) >= 11 is 0. The molecular weight excluding hydrogens is 172 g/mol. The van der Waals surface area contributed by atoms with Crippen LogP contribution in [0.1, 0.15) is 41.6 Å². The van der Waals surface area contributed by atoms with Crippen LogP contribution in [0, 0.1) is 12.8 Å². The van der Waals surface area contributed by atoms with Crippen LogP contribution in [0.5, 0.6) is 0 Å². The summed E-state index contributed by atoms with van der Waals surface area (Å²) in [5, 5.41) is 0. The molecule has 1 aromatic rings. The zero-order valence-electron chi connectivity index (χ0n) is 8.62. The Labute approximate surface area is 85.1 Å². The minimum atomic E-state index is 0.327. The highest BCUT2D eigenvalue weighted by atomic mass is 16.1. The molecule has 0 unspecified atom stereocenters. The Morgan fingerprint density at radius 3 is 2.64 bits per heavy atom. The van der Waals surface area contributed by atoms with Gasteiger partial charge in [-0.2, -0.15) is 0 Å². The second kappa shape index (κ2) is 3.95. The Morgan fingerprint density at radius 1 is 1.36 bits per heavy atom. The van der Waals surface area contributed by atoms with Crippen molar-refractivity contribution in [3.05, 3.63) is 35.4 Å². The minimum absolute atomic E-state index is 0.327. The smallest absolute Gasteiger partial charge is 0.163 e. The number of Topliss-reactive ketones (excluding diaryl/α,β-unsaturated/α-hetero) is 1. The van der Waals surface area contributed by atoms with E-state index < -0.39 is 0 Å². The van der Waals surface area contributed by atoms with Crippen molar-refractivity contribution in [2.24, 2.45) is 5.92 Å². The van der Waals surface area contributed by atoms with E-state index in [-0.39, 0.29) is 0 Å². The quantitative estimate of drug-likeness (QED) is 0.665. The number of aryl methyl sites for hydroxylation is 1. The molecule has 1 aliphatic carbocycles. The highest BCUT2D eigenvalue weighted by molar-refractivity contribution is 5.97. The molecule has 1 aromatic carbocycles. The summed E-state index contributed by atoms with van der Waals surface area (Å²) in [4.78, 5) is 11.9. The van der Waals surface area contributed by atoms with Crippen LogP contribution in [0.15, 0.2) is 24.3 Å². The molecule has 0 spiro atoms. The maximum absolute atomic E-state index is 11.9. The van der Waals surface area contributed by atoms with Crippen LogP contribution in [0.3, 0.4) is 0 Å². The van der Waals surface area contributed by atoms with Gasteiger partial charge in [-0.3, -0.25) is 4.79 Å². The van der Waals surface area contributed by atoms with E-state index in [1.165, 1.54) is 19.3 Å². The molecule has 0 aromatic heterocycles. The normalized spacial score (nSPS) is 16.4. The highest BCUT2D eigenvalue weighted by Gasteiger charge is 2.21. The summed E-state index contributed by atoms with van der Waals surface area (Å²) in [5.74, 6) is 0.995. The van der Waals surface area contributed by atoms with Gasteiger partial charge in [0.15, 0.2) is 5.78 Å². The summed E-state index contributed by atoms with van der Waals surface area (Å²) in [6.07, 6.45) is 4.56. The highest BCUT2D eigenvalue weighted by Crippen LogP contribution is 2.30. The maximum Gasteiger partial charge on any atom is 0.163 e. The standard InChI is InChI=1S/C13H16O/c1-10-5-2-3-8-12(10)13(14)9-11-6-4-7-11/h2-3,5,8,11H,4,6-7,9H2,1H3. The van der Waals surface area contributed by atoms with Crippen molar-refractivity contribution in [3.8, 4) is 0 Å². The van der Waals surface area contributed by atoms with Crippen LogP contribution in [0.2, 0.25) is 0 Å². The first-order valence-corrected chi connectivity index (χ1v) is 5.36. The molecule has 0 bridgehead atoms. The number of rotatable bonds is 3. The molecule has 74 valence electrons. The molecule has 0 N–H and O–H groups in total. The number of benzene rings is 1. The van der Waals surface area contributed by atoms with Gasteiger partial charge < -0.3 is 0 Å². The van der Waals surface area contributed by atoms with E-state index >= 15 is 0 Å². The van der Waals surface area contributed by atoms with Gasteiger partial charge in [-0.1, -0.05) is 43.5 Å². The van der Waals surface area contributed by atoms with Crippen molar-refractivity contribution < 1.29 is 4.79 Å². The van der Waals surface area contributed by atoms with E-state index in [1.54, 1.807) is 0 Å². The van der Waals surface area contributed by atoms with E-state index in [1.807, 2.05) is 31.2 Å². The average Bonchev–Trinajstić information content (AvgIpc) is 2.12. The fourth-order valence-corrected chi connectivity index (χ4v) is 1.95. The number of ketones is 1. The minimum Gasteiger partial charge on any atom is -0.294 e. The lowest BCUT2D eigenvalue weighted by Gasteiger charge is -2.24. The molecule has 1 fully saturated rings. The lowest BCUT2D eigenvalue weighted by atomic mass is 9.80. The third-order valence-electron chi connectivity index (χ3n) is 3.14. The fraction of sp³-hybridized carbons (Fsp3) is 0.462. The van der Waals surface area contributed by atoms with Gasteiger partial charge in [0.2, 0.25) is 0 Å². The van der Waals surface area contributed by atoms with Crippen LogP contribution in [-0.4, -0.2) is 5.78 Å². The Balaban J connectivity index is 2.06. The largest absolute Gasteiger partial charge is 0.294 e. The number of carbonyl (C=O) groups is 1.